The van der Waals surface area contributed by atoms with Crippen LogP contribution in [-0.4, -0.2) is 20.8 Å². The summed E-state index contributed by atoms with van der Waals surface area (Å²) in [6.45, 7) is 2.38. The van der Waals surface area contributed by atoms with Gasteiger partial charge in [0.2, 0.25) is 5.88 Å². The number of amides is 2. The van der Waals surface area contributed by atoms with Gasteiger partial charge in [0, 0.05) is 24.4 Å². The van der Waals surface area contributed by atoms with E-state index in [1.54, 1.807) is 29.2 Å². The largest absolute Gasteiger partial charge is 0.439 e. The molecule has 150 valence electrons. The monoisotopic (exact) mass is 399 g/mol. The Bertz CT molecular complexity index is 1110. The van der Waals surface area contributed by atoms with E-state index >= 15 is 0 Å². The first-order valence-electron chi connectivity index (χ1n) is 9.50. The first kappa shape index (κ1) is 19.2. The van der Waals surface area contributed by atoms with Crippen LogP contribution >= 0.6 is 0 Å². The van der Waals surface area contributed by atoms with Gasteiger partial charge in [0.1, 0.15) is 5.75 Å². The van der Waals surface area contributed by atoms with Gasteiger partial charge in [-0.2, -0.15) is 5.10 Å². The zero-order valence-electron chi connectivity index (χ0n) is 16.4. The molecule has 0 unspecified atom stereocenters. The Hall–Kier alpha value is -4.13. The Morgan fingerprint density at radius 2 is 1.80 bits per heavy atom. The molecule has 2 heterocycles. The highest BCUT2D eigenvalue weighted by molar-refractivity contribution is 5.88. The summed E-state index contributed by atoms with van der Waals surface area (Å²) < 4.78 is 7.46. The molecule has 0 bridgehead atoms. The van der Waals surface area contributed by atoms with Crippen LogP contribution in [0, 0.1) is 6.92 Å². The maximum atomic E-state index is 12.2. The minimum absolute atomic E-state index is 0.323. The number of anilines is 1. The van der Waals surface area contributed by atoms with Crippen molar-refractivity contribution in [3.63, 3.8) is 0 Å². The molecule has 7 nitrogen and oxygen atoms in total. The number of carbonyl (C=O) groups is 1. The van der Waals surface area contributed by atoms with Crippen molar-refractivity contribution in [2.75, 3.05) is 5.32 Å². The van der Waals surface area contributed by atoms with Crippen LogP contribution in [0.1, 0.15) is 11.1 Å². The maximum Gasteiger partial charge on any atom is 0.319 e. The van der Waals surface area contributed by atoms with Crippen molar-refractivity contribution < 1.29 is 9.53 Å². The van der Waals surface area contributed by atoms with E-state index in [-0.39, 0.29) is 6.03 Å². The van der Waals surface area contributed by atoms with Gasteiger partial charge in [-0.25, -0.2) is 14.5 Å². The molecule has 7 heteroatoms. The maximum absolute atomic E-state index is 12.2. The number of urea groups is 1. The third kappa shape index (κ3) is 5.02. The van der Waals surface area contributed by atoms with Crippen molar-refractivity contribution >= 4 is 11.7 Å². The highest BCUT2D eigenvalue weighted by Gasteiger charge is 2.06. The van der Waals surface area contributed by atoms with Gasteiger partial charge in [-0.3, -0.25) is 0 Å². The van der Waals surface area contributed by atoms with Crippen molar-refractivity contribution in [1.29, 1.82) is 0 Å². The van der Waals surface area contributed by atoms with Crippen molar-refractivity contribution in [3.8, 4) is 17.3 Å². The molecule has 0 spiro atoms. The first-order valence-corrected chi connectivity index (χ1v) is 9.50. The quantitative estimate of drug-likeness (QED) is 0.493. The van der Waals surface area contributed by atoms with Crippen LogP contribution in [0.5, 0.6) is 11.6 Å². The summed E-state index contributed by atoms with van der Waals surface area (Å²) in [5.41, 5.74) is 3.60. The van der Waals surface area contributed by atoms with E-state index in [1.807, 2.05) is 67.7 Å². The predicted molar refractivity (Wildman–Crippen MR) is 115 cm³/mol. The molecule has 4 rings (SSSR count). The van der Waals surface area contributed by atoms with Crippen molar-refractivity contribution in [1.82, 2.24) is 20.1 Å². The summed E-state index contributed by atoms with van der Waals surface area (Å²) in [6, 6.07) is 20.6. The van der Waals surface area contributed by atoms with Crippen LogP contribution in [0.25, 0.3) is 5.69 Å². The molecule has 4 aromatic rings. The number of benzene rings is 2. The van der Waals surface area contributed by atoms with Crippen LogP contribution in [-0.2, 0) is 6.54 Å². The molecule has 0 atom stereocenters. The Kier molecular flexibility index (Phi) is 5.70. The molecule has 2 N–H and O–H groups in total. The molecule has 2 aromatic carbocycles. The minimum atomic E-state index is -0.323. The molecule has 0 radical (unpaired) electrons. The number of rotatable bonds is 6. The molecular formula is C23H21N5O2. The van der Waals surface area contributed by atoms with Gasteiger partial charge in [-0.05, 0) is 37.3 Å². The molecule has 0 aliphatic rings. The fraction of sp³-hybridized carbons (Fsp3) is 0.0870. The summed E-state index contributed by atoms with van der Waals surface area (Å²) in [6.07, 6.45) is 5.16. The van der Waals surface area contributed by atoms with Gasteiger partial charge < -0.3 is 15.4 Å². The van der Waals surface area contributed by atoms with E-state index in [1.165, 1.54) is 0 Å². The molecule has 30 heavy (non-hydrogen) atoms. The number of carbonyl (C=O) groups excluding carboxylic acids is 1. The zero-order chi connectivity index (χ0) is 20.8. The Labute approximate surface area is 174 Å². The van der Waals surface area contributed by atoms with Crippen LogP contribution in [0.4, 0.5) is 10.5 Å². The number of nitrogens with zero attached hydrogens (tertiary/aromatic N) is 3. The SMILES string of the molecule is Cc1ccc(Oc2ccc(NC(=O)NCc3cnn(-c4ccccc4)c3)cn2)cc1. The smallest absolute Gasteiger partial charge is 0.319 e. The fourth-order valence-electron chi connectivity index (χ4n) is 2.77. The molecule has 2 amide bonds. The number of hydrogen-bond acceptors (Lipinski definition) is 4. The van der Waals surface area contributed by atoms with E-state index in [0.717, 1.165) is 16.8 Å². The molecule has 0 saturated carbocycles. The van der Waals surface area contributed by atoms with Crippen LogP contribution in [0.3, 0.4) is 0 Å². The third-order valence-corrected chi connectivity index (χ3v) is 4.35. The van der Waals surface area contributed by atoms with Gasteiger partial charge in [0.15, 0.2) is 0 Å². The van der Waals surface area contributed by atoms with Crippen molar-refractivity contribution in [2.24, 2.45) is 0 Å². The highest BCUT2D eigenvalue weighted by Crippen LogP contribution is 2.20. The van der Waals surface area contributed by atoms with E-state index in [0.29, 0.717) is 23.9 Å². The molecule has 0 saturated heterocycles. The fourth-order valence-corrected chi connectivity index (χ4v) is 2.77. The van der Waals surface area contributed by atoms with Gasteiger partial charge in [0.25, 0.3) is 0 Å². The van der Waals surface area contributed by atoms with Gasteiger partial charge in [0.05, 0.1) is 23.8 Å². The summed E-state index contributed by atoms with van der Waals surface area (Å²) >= 11 is 0. The lowest BCUT2D eigenvalue weighted by atomic mass is 10.2. The van der Waals surface area contributed by atoms with Gasteiger partial charge >= 0.3 is 6.03 Å². The number of para-hydroxylation sites is 1. The molecule has 2 aromatic heterocycles. The number of aryl methyl sites for hydroxylation is 1. The van der Waals surface area contributed by atoms with Gasteiger partial charge in [-0.15, -0.1) is 0 Å². The van der Waals surface area contributed by atoms with Crippen LogP contribution in [0.2, 0.25) is 0 Å². The standard InChI is InChI=1S/C23H21N5O2/c1-17-7-10-21(11-8-17)30-22-12-9-19(15-24-22)27-23(29)25-13-18-14-26-28(16-18)20-5-3-2-4-6-20/h2-12,14-16H,13H2,1H3,(H2,25,27,29). The summed E-state index contributed by atoms with van der Waals surface area (Å²) in [5, 5.41) is 9.88. The normalized spacial score (nSPS) is 10.4. The van der Waals surface area contributed by atoms with E-state index in [4.69, 9.17) is 4.74 Å². The van der Waals surface area contributed by atoms with E-state index in [9.17, 15) is 4.79 Å². The second-order valence-electron chi connectivity index (χ2n) is 6.74. The predicted octanol–water partition coefficient (Wildman–Crippen LogP) is 4.69. The molecule has 0 aliphatic carbocycles. The zero-order valence-corrected chi connectivity index (χ0v) is 16.4. The topological polar surface area (TPSA) is 81.1 Å². The Balaban J connectivity index is 1.28. The minimum Gasteiger partial charge on any atom is -0.439 e. The van der Waals surface area contributed by atoms with Crippen molar-refractivity contribution in [3.05, 3.63) is 96.4 Å². The second-order valence-corrected chi connectivity index (χ2v) is 6.74. The first-order chi connectivity index (χ1) is 14.7. The highest BCUT2D eigenvalue weighted by atomic mass is 16.5. The van der Waals surface area contributed by atoms with E-state index < -0.39 is 0 Å². The number of aromatic nitrogens is 3. The summed E-state index contributed by atoms with van der Waals surface area (Å²) in [5.74, 6) is 1.17. The molecule has 0 aliphatic heterocycles. The Morgan fingerprint density at radius 3 is 2.53 bits per heavy atom. The average Bonchev–Trinajstić information content (AvgIpc) is 3.25. The lowest BCUT2D eigenvalue weighted by molar-refractivity contribution is 0.251. The summed E-state index contributed by atoms with van der Waals surface area (Å²) in [4.78, 5) is 16.4. The number of pyridine rings is 1. The third-order valence-electron chi connectivity index (χ3n) is 4.35. The average molecular weight is 399 g/mol. The number of nitrogens with one attached hydrogen (secondary N) is 2. The number of hydrogen-bond donors (Lipinski definition) is 2. The Morgan fingerprint density at radius 1 is 1.00 bits per heavy atom. The van der Waals surface area contributed by atoms with Crippen molar-refractivity contribution in [2.45, 2.75) is 13.5 Å². The van der Waals surface area contributed by atoms with Gasteiger partial charge in [-0.1, -0.05) is 35.9 Å². The van der Waals surface area contributed by atoms with Crippen LogP contribution < -0.4 is 15.4 Å². The number of ether oxygens (including phenoxy) is 1. The van der Waals surface area contributed by atoms with E-state index in [2.05, 4.69) is 20.7 Å². The lowest BCUT2D eigenvalue weighted by Gasteiger charge is -2.08. The lowest BCUT2D eigenvalue weighted by Crippen LogP contribution is -2.28. The molecule has 0 fully saturated rings. The second kappa shape index (κ2) is 8.91. The summed E-state index contributed by atoms with van der Waals surface area (Å²) in [7, 11) is 0. The van der Waals surface area contributed by atoms with Crippen LogP contribution in [0.15, 0.2) is 85.3 Å². The molecular weight excluding hydrogens is 378 g/mol.